The third kappa shape index (κ3) is 3.22. The van der Waals surface area contributed by atoms with Gasteiger partial charge >= 0.3 is 5.69 Å². The fraction of sp³-hybridized carbons (Fsp3) is 0.0667. The van der Waals surface area contributed by atoms with E-state index < -0.39 is 4.92 Å². The van der Waals surface area contributed by atoms with Gasteiger partial charge in [0.1, 0.15) is 6.07 Å². The molecule has 6 heteroatoms. The average Bonchev–Trinajstić information content (AvgIpc) is 2.52. The summed E-state index contributed by atoms with van der Waals surface area (Å²) in [7, 11) is 1.38. The molecule has 0 unspecified atom stereocenters. The number of nitriles is 1. The number of aromatic nitrogens is 1. The number of nitro groups is 1. The maximum atomic E-state index is 11.0. The van der Waals surface area contributed by atoms with Crippen LogP contribution in [0.3, 0.4) is 0 Å². The number of hydrogen-bond donors (Lipinski definition) is 0. The number of nitrogens with zero attached hydrogens (tertiary/aromatic N) is 3. The van der Waals surface area contributed by atoms with E-state index in [9.17, 15) is 10.1 Å². The summed E-state index contributed by atoms with van der Waals surface area (Å²) in [6.45, 7) is 0. The van der Waals surface area contributed by atoms with Gasteiger partial charge in [0.15, 0.2) is 5.75 Å². The molecule has 21 heavy (non-hydrogen) atoms. The molecule has 6 nitrogen and oxygen atoms in total. The Balaban J connectivity index is 2.36. The predicted molar refractivity (Wildman–Crippen MR) is 77.5 cm³/mol. The predicted octanol–water partition coefficient (Wildman–Crippen LogP) is 3.04. The fourth-order valence-electron chi connectivity index (χ4n) is 1.78. The summed E-state index contributed by atoms with van der Waals surface area (Å²) in [5.41, 5.74) is 1.68. The number of benzene rings is 1. The lowest BCUT2D eigenvalue weighted by Gasteiger charge is -2.02. The van der Waals surface area contributed by atoms with Gasteiger partial charge in [-0.05, 0) is 23.3 Å². The Morgan fingerprint density at radius 3 is 2.86 bits per heavy atom. The minimum Gasteiger partial charge on any atom is -0.490 e. The van der Waals surface area contributed by atoms with Crippen LogP contribution >= 0.6 is 0 Å². The van der Waals surface area contributed by atoms with Gasteiger partial charge in [-0.1, -0.05) is 18.2 Å². The van der Waals surface area contributed by atoms with E-state index in [4.69, 9.17) is 10.00 Å². The molecule has 0 N–H and O–H groups in total. The molecule has 0 amide bonds. The van der Waals surface area contributed by atoms with Gasteiger partial charge in [0.05, 0.1) is 17.6 Å². The highest BCUT2D eigenvalue weighted by atomic mass is 16.6. The zero-order chi connectivity index (χ0) is 15.2. The average molecular weight is 281 g/mol. The molecule has 2 rings (SSSR count). The quantitative estimate of drug-likeness (QED) is 0.634. The highest BCUT2D eigenvalue weighted by Gasteiger charge is 2.14. The van der Waals surface area contributed by atoms with E-state index in [1.165, 1.54) is 25.4 Å². The number of rotatable bonds is 4. The maximum absolute atomic E-state index is 11.0. The van der Waals surface area contributed by atoms with Gasteiger partial charge in [-0.15, -0.1) is 0 Å². The molecule has 0 fully saturated rings. The van der Waals surface area contributed by atoms with Crippen LogP contribution < -0.4 is 4.74 Å². The summed E-state index contributed by atoms with van der Waals surface area (Å²) in [5.74, 6) is 0.207. The number of methoxy groups -OCH3 is 1. The zero-order valence-corrected chi connectivity index (χ0v) is 11.2. The third-order valence-electron chi connectivity index (χ3n) is 2.83. The van der Waals surface area contributed by atoms with Crippen molar-refractivity contribution in [3.63, 3.8) is 0 Å². The molecule has 1 heterocycles. The van der Waals surface area contributed by atoms with Gasteiger partial charge in [0, 0.05) is 18.5 Å². The van der Waals surface area contributed by atoms with E-state index in [0.717, 1.165) is 0 Å². The van der Waals surface area contributed by atoms with E-state index in [1.807, 2.05) is 6.07 Å². The number of nitro benzene ring substituents is 1. The van der Waals surface area contributed by atoms with Crippen LogP contribution in [0.15, 0.2) is 36.7 Å². The lowest BCUT2D eigenvalue weighted by molar-refractivity contribution is -0.385. The zero-order valence-electron chi connectivity index (χ0n) is 11.2. The number of ether oxygens (including phenoxy) is 1. The fourth-order valence-corrected chi connectivity index (χ4v) is 1.78. The topological polar surface area (TPSA) is 89.0 Å². The number of pyridine rings is 1. The molecule has 1 aromatic heterocycles. The lowest BCUT2D eigenvalue weighted by atomic mass is 10.1. The SMILES string of the molecule is COc1ccc(/C=C/c2ccncc2C#N)cc1[N+](=O)[O-]. The van der Waals surface area contributed by atoms with E-state index in [2.05, 4.69) is 4.98 Å². The molecule has 2 aromatic rings. The van der Waals surface area contributed by atoms with Crippen molar-refractivity contribution in [3.05, 3.63) is 63.5 Å². The molecule has 0 radical (unpaired) electrons. The van der Waals surface area contributed by atoms with Crippen LogP contribution in [0.2, 0.25) is 0 Å². The first kappa shape index (κ1) is 14.2. The van der Waals surface area contributed by atoms with E-state index >= 15 is 0 Å². The summed E-state index contributed by atoms with van der Waals surface area (Å²) in [4.78, 5) is 14.3. The van der Waals surface area contributed by atoms with E-state index in [0.29, 0.717) is 16.7 Å². The van der Waals surface area contributed by atoms with Crippen LogP contribution in [-0.2, 0) is 0 Å². The van der Waals surface area contributed by atoms with Crippen LogP contribution in [0, 0.1) is 21.4 Å². The van der Waals surface area contributed by atoms with Crippen molar-refractivity contribution in [1.29, 1.82) is 5.26 Å². The van der Waals surface area contributed by atoms with Gasteiger partial charge < -0.3 is 4.74 Å². The molecule has 0 spiro atoms. The molecular formula is C15H11N3O3. The van der Waals surface area contributed by atoms with Crippen molar-refractivity contribution in [1.82, 2.24) is 4.98 Å². The van der Waals surface area contributed by atoms with Gasteiger partial charge in [0.2, 0.25) is 0 Å². The first-order chi connectivity index (χ1) is 10.2. The summed E-state index contributed by atoms with van der Waals surface area (Å²) >= 11 is 0. The smallest absolute Gasteiger partial charge is 0.311 e. The van der Waals surface area contributed by atoms with Crippen molar-refractivity contribution >= 4 is 17.8 Å². The van der Waals surface area contributed by atoms with E-state index in [-0.39, 0.29) is 11.4 Å². The summed E-state index contributed by atoms with van der Waals surface area (Å²) in [5, 5.41) is 19.9. The Morgan fingerprint density at radius 1 is 1.38 bits per heavy atom. The van der Waals surface area contributed by atoms with Crippen LogP contribution in [-0.4, -0.2) is 17.0 Å². The van der Waals surface area contributed by atoms with Gasteiger partial charge in [-0.25, -0.2) is 0 Å². The van der Waals surface area contributed by atoms with Gasteiger partial charge in [-0.2, -0.15) is 5.26 Å². The molecule has 0 aliphatic heterocycles. The molecule has 0 saturated heterocycles. The molecule has 0 bridgehead atoms. The van der Waals surface area contributed by atoms with Crippen LogP contribution in [0.1, 0.15) is 16.7 Å². The highest BCUT2D eigenvalue weighted by molar-refractivity contribution is 5.73. The Kier molecular flexibility index (Phi) is 4.26. The maximum Gasteiger partial charge on any atom is 0.311 e. The number of hydrogen-bond acceptors (Lipinski definition) is 5. The standard InChI is InChI=1S/C15H11N3O3/c1-21-15-5-3-11(8-14(15)18(19)20)2-4-12-6-7-17-10-13(12)9-16/h2-8,10H,1H3/b4-2+. The van der Waals surface area contributed by atoms with Crippen LogP contribution in [0.5, 0.6) is 5.75 Å². The van der Waals surface area contributed by atoms with Gasteiger partial charge in [-0.3, -0.25) is 15.1 Å². The van der Waals surface area contributed by atoms with Crippen LogP contribution in [0.4, 0.5) is 5.69 Å². The second-order valence-electron chi connectivity index (χ2n) is 4.10. The minimum atomic E-state index is -0.497. The van der Waals surface area contributed by atoms with Crippen molar-refractivity contribution in [2.45, 2.75) is 0 Å². The van der Waals surface area contributed by atoms with Crippen molar-refractivity contribution in [2.75, 3.05) is 7.11 Å². The van der Waals surface area contributed by atoms with Crippen molar-refractivity contribution in [2.24, 2.45) is 0 Å². The molecule has 0 aliphatic rings. The first-order valence-corrected chi connectivity index (χ1v) is 6.00. The Morgan fingerprint density at radius 2 is 2.19 bits per heavy atom. The Bertz CT molecular complexity index is 748. The Labute approximate surface area is 121 Å². The molecule has 104 valence electrons. The normalized spacial score (nSPS) is 10.3. The van der Waals surface area contributed by atoms with Gasteiger partial charge in [0.25, 0.3) is 0 Å². The Hall–Kier alpha value is -3.20. The molecule has 0 saturated carbocycles. The molecule has 0 aliphatic carbocycles. The lowest BCUT2D eigenvalue weighted by Crippen LogP contribution is -1.93. The molecule has 1 aromatic carbocycles. The molecule has 0 atom stereocenters. The second-order valence-corrected chi connectivity index (χ2v) is 4.10. The second kappa shape index (κ2) is 6.30. The summed E-state index contributed by atoms with van der Waals surface area (Å²) in [6.07, 6.45) is 6.46. The van der Waals surface area contributed by atoms with Crippen molar-refractivity contribution < 1.29 is 9.66 Å². The summed E-state index contributed by atoms with van der Waals surface area (Å²) < 4.78 is 4.94. The largest absolute Gasteiger partial charge is 0.490 e. The van der Waals surface area contributed by atoms with Crippen molar-refractivity contribution in [3.8, 4) is 11.8 Å². The highest BCUT2D eigenvalue weighted by Crippen LogP contribution is 2.28. The monoisotopic (exact) mass is 281 g/mol. The molecular weight excluding hydrogens is 270 g/mol. The van der Waals surface area contributed by atoms with E-state index in [1.54, 1.807) is 30.5 Å². The third-order valence-corrected chi connectivity index (χ3v) is 2.83. The summed E-state index contributed by atoms with van der Waals surface area (Å²) in [6, 6.07) is 8.40. The minimum absolute atomic E-state index is 0.102. The van der Waals surface area contributed by atoms with Crippen LogP contribution in [0.25, 0.3) is 12.2 Å². The first-order valence-electron chi connectivity index (χ1n) is 6.00.